The van der Waals surface area contributed by atoms with E-state index in [1.807, 2.05) is 30.3 Å². The zero-order valence-corrected chi connectivity index (χ0v) is 18.1. The lowest BCUT2D eigenvalue weighted by Gasteiger charge is -2.31. The van der Waals surface area contributed by atoms with Crippen molar-refractivity contribution in [1.82, 2.24) is 16.0 Å². The molecule has 3 rings (SSSR count). The van der Waals surface area contributed by atoms with Gasteiger partial charge in [-0.05, 0) is 55.0 Å². The van der Waals surface area contributed by atoms with Gasteiger partial charge in [0, 0.05) is 38.2 Å². The van der Waals surface area contributed by atoms with Crippen LogP contribution in [-0.4, -0.2) is 38.0 Å². The molecule has 30 heavy (non-hydrogen) atoms. The van der Waals surface area contributed by atoms with Crippen LogP contribution in [0.15, 0.2) is 52.1 Å². The third-order valence-electron chi connectivity index (χ3n) is 5.76. The second-order valence-electron chi connectivity index (χ2n) is 8.03. The molecule has 2 atom stereocenters. The predicted molar refractivity (Wildman–Crippen MR) is 121 cm³/mol. The van der Waals surface area contributed by atoms with E-state index in [1.54, 1.807) is 13.3 Å². The lowest BCUT2D eigenvalue weighted by molar-refractivity contribution is 0.0963. The summed E-state index contributed by atoms with van der Waals surface area (Å²) in [6.45, 7) is 3.75. The number of benzene rings is 1. The monoisotopic (exact) mass is 410 g/mol. The minimum Gasteiger partial charge on any atom is -0.469 e. The number of amides is 1. The van der Waals surface area contributed by atoms with Crippen molar-refractivity contribution in [1.29, 1.82) is 0 Å². The number of nitrogens with zero attached hydrogens (tertiary/aromatic N) is 1. The molecule has 1 saturated carbocycles. The van der Waals surface area contributed by atoms with Crippen LogP contribution >= 0.6 is 0 Å². The summed E-state index contributed by atoms with van der Waals surface area (Å²) in [6, 6.07) is 12.1. The Hall–Kier alpha value is -2.76. The van der Waals surface area contributed by atoms with Gasteiger partial charge >= 0.3 is 0 Å². The summed E-state index contributed by atoms with van der Waals surface area (Å²) in [4.78, 5) is 16.6. The molecule has 1 aliphatic carbocycles. The van der Waals surface area contributed by atoms with Gasteiger partial charge in [-0.1, -0.05) is 31.9 Å². The molecule has 1 fully saturated rings. The fourth-order valence-electron chi connectivity index (χ4n) is 3.93. The molecule has 0 spiro atoms. The van der Waals surface area contributed by atoms with E-state index in [2.05, 4.69) is 28.9 Å². The van der Waals surface area contributed by atoms with E-state index in [0.717, 1.165) is 36.7 Å². The number of carbonyl (C=O) groups excluding carboxylic acids is 1. The SMILES string of the molecule is CNC(=O)c1cccc(CCNC(=NCCc2ccco2)NC2CCCCC2C)c1. The Morgan fingerprint density at radius 3 is 2.80 bits per heavy atom. The first-order chi connectivity index (χ1) is 14.7. The predicted octanol–water partition coefficient (Wildman–Crippen LogP) is 3.54. The smallest absolute Gasteiger partial charge is 0.251 e. The lowest BCUT2D eigenvalue weighted by Crippen LogP contribution is -2.47. The maximum atomic E-state index is 11.9. The molecule has 1 heterocycles. The van der Waals surface area contributed by atoms with Gasteiger partial charge in [0.1, 0.15) is 5.76 Å². The van der Waals surface area contributed by atoms with Gasteiger partial charge in [-0.25, -0.2) is 0 Å². The van der Waals surface area contributed by atoms with Gasteiger partial charge in [0.05, 0.1) is 6.26 Å². The van der Waals surface area contributed by atoms with Crippen molar-refractivity contribution in [3.8, 4) is 0 Å². The van der Waals surface area contributed by atoms with Crippen molar-refractivity contribution in [2.45, 2.75) is 51.5 Å². The largest absolute Gasteiger partial charge is 0.469 e. The van der Waals surface area contributed by atoms with E-state index in [0.29, 0.717) is 24.1 Å². The summed E-state index contributed by atoms with van der Waals surface area (Å²) in [5.74, 6) is 2.41. The first kappa shape index (κ1) is 21.9. The van der Waals surface area contributed by atoms with E-state index in [1.165, 1.54) is 25.7 Å². The van der Waals surface area contributed by atoms with Crippen LogP contribution in [0.3, 0.4) is 0 Å². The van der Waals surface area contributed by atoms with E-state index in [4.69, 9.17) is 9.41 Å². The van der Waals surface area contributed by atoms with E-state index < -0.39 is 0 Å². The minimum atomic E-state index is -0.0575. The van der Waals surface area contributed by atoms with E-state index in [9.17, 15) is 4.79 Å². The number of hydrogen-bond acceptors (Lipinski definition) is 3. The number of hydrogen-bond donors (Lipinski definition) is 3. The molecule has 0 saturated heterocycles. The molecule has 6 heteroatoms. The highest BCUT2D eigenvalue weighted by molar-refractivity contribution is 5.94. The molecule has 1 aromatic carbocycles. The van der Waals surface area contributed by atoms with Crippen LogP contribution in [0.25, 0.3) is 0 Å². The van der Waals surface area contributed by atoms with E-state index in [-0.39, 0.29) is 5.91 Å². The molecule has 1 amide bonds. The molecule has 162 valence electrons. The maximum Gasteiger partial charge on any atom is 0.251 e. The standard InChI is InChI=1S/C24H34N4O2/c1-18-7-3-4-11-22(18)28-24(27-15-13-21-10-6-16-30-21)26-14-12-19-8-5-9-20(17-19)23(29)25-2/h5-6,8-10,16-18,22H,3-4,7,11-15H2,1-2H3,(H,25,29)(H2,26,27,28). The minimum absolute atomic E-state index is 0.0575. The Morgan fingerprint density at radius 2 is 2.03 bits per heavy atom. The molecule has 0 aliphatic heterocycles. The van der Waals surface area contributed by atoms with Gasteiger partial charge < -0.3 is 20.4 Å². The number of nitrogens with one attached hydrogen (secondary N) is 3. The number of guanidine groups is 1. The topological polar surface area (TPSA) is 78.7 Å². The van der Waals surface area contributed by atoms with Gasteiger partial charge in [-0.3, -0.25) is 9.79 Å². The zero-order valence-electron chi connectivity index (χ0n) is 18.1. The van der Waals surface area contributed by atoms with Gasteiger partial charge in [0.25, 0.3) is 5.91 Å². The average Bonchev–Trinajstić information content (AvgIpc) is 3.28. The zero-order chi connectivity index (χ0) is 21.2. The summed E-state index contributed by atoms with van der Waals surface area (Å²) in [5, 5.41) is 9.82. The van der Waals surface area contributed by atoms with Crippen molar-refractivity contribution in [2.24, 2.45) is 10.9 Å². The molecule has 6 nitrogen and oxygen atoms in total. The van der Waals surface area contributed by atoms with Crippen molar-refractivity contribution in [2.75, 3.05) is 20.1 Å². The van der Waals surface area contributed by atoms with Crippen molar-refractivity contribution < 1.29 is 9.21 Å². The second-order valence-corrected chi connectivity index (χ2v) is 8.03. The van der Waals surface area contributed by atoms with Crippen LogP contribution in [0.2, 0.25) is 0 Å². The van der Waals surface area contributed by atoms with Gasteiger partial charge in [0.15, 0.2) is 5.96 Å². The summed E-state index contributed by atoms with van der Waals surface area (Å²) >= 11 is 0. The Labute approximate surface area is 179 Å². The average molecular weight is 411 g/mol. The molecular formula is C24H34N4O2. The summed E-state index contributed by atoms with van der Waals surface area (Å²) in [7, 11) is 1.65. The number of aliphatic imine (C=N–C) groups is 1. The van der Waals surface area contributed by atoms with Gasteiger partial charge in [0.2, 0.25) is 0 Å². The fourth-order valence-corrected chi connectivity index (χ4v) is 3.93. The van der Waals surface area contributed by atoms with Crippen LogP contribution in [0.5, 0.6) is 0 Å². The van der Waals surface area contributed by atoms with Crippen LogP contribution in [0.1, 0.15) is 54.3 Å². The Kier molecular flexibility index (Phi) is 8.36. The summed E-state index contributed by atoms with van der Waals surface area (Å²) < 4.78 is 5.42. The Balaban J connectivity index is 1.57. The third kappa shape index (κ3) is 6.65. The first-order valence-corrected chi connectivity index (χ1v) is 11.0. The number of carbonyl (C=O) groups is 1. The van der Waals surface area contributed by atoms with Crippen molar-refractivity contribution in [3.63, 3.8) is 0 Å². The molecular weight excluding hydrogens is 376 g/mol. The lowest BCUT2D eigenvalue weighted by atomic mass is 9.86. The quantitative estimate of drug-likeness (QED) is 0.459. The van der Waals surface area contributed by atoms with Crippen LogP contribution in [0.4, 0.5) is 0 Å². The number of rotatable bonds is 8. The van der Waals surface area contributed by atoms with Gasteiger partial charge in [-0.2, -0.15) is 0 Å². The molecule has 1 aromatic heterocycles. The Morgan fingerprint density at radius 1 is 1.17 bits per heavy atom. The highest BCUT2D eigenvalue weighted by Crippen LogP contribution is 2.23. The first-order valence-electron chi connectivity index (χ1n) is 11.0. The normalized spacial score (nSPS) is 19.3. The Bertz CT molecular complexity index is 816. The third-order valence-corrected chi connectivity index (χ3v) is 5.76. The second kappa shape index (κ2) is 11.4. The van der Waals surface area contributed by atoms with Crippen LogP contribution < -0.4 is 16.0 Å². The summed E-state index contributed by atoms with van der Waals surface area (Å²) in [6.07, 6.45) is 8.36. The van der Waals surface area contributed by atoms with Crippen LogP contribution in [0, 0.1) is 5.92 Å². The fraction of sp³-hybridized carbons (Fsp3) is 0.500. The van der Waals surface area contributed by atoms with Crippen LogP contribution in [-0.2, 0) is 12.8 Å². The van der Waals surface area contributed by atoms with Crippen molar-refractivity contribution >= 4 is 11.9 Å². The van der Waals surface area contributed by atoms with E-state index >= 15 is 0 Å². The molecule has 1 aliphatic rings. The molecule has 2 unspecified atom stereocenters. The molecule has 2 aromatic rings. The maximum absolute atomic E-state index is 11.9. The highest BCUT2D eigenvalue weighted by atomic mass is 16.3. The van der Waals surface area contributed by atoms with Gasteiger partial charge in [-0.15, -0.1) is 0 Å². The number of furan rings is 1. The molecule has 3 N–H and O–H groups in total. The molecule has 0 radical (unpaired) electrons. The highest BCUT2D eigenvalue weighted by Gasteiger charge is 2.22. The summed E-state index contributed by atoms with van der Waals surface area (Å²) in [5.41, 5.74) is 1.82. The van der Waals surface area contributed by atoms with Crippen molar-refractivity contribution in [3.05, 3.63) is 59.5 Å². The molecule has 0 bridgehead atoms.